The van der Waals surface area contributed by atoms with Crippen LogP contribution < -0.4 is 4.52 Å². The molecule has 0 fully saturated rings. The first-order valence-electron chi connectivity index (χ1n) is 2.47. The Bertz CT molecular complexity index is 241. The first-order valence-corrected chi connectivity index (χ1v) is 5.38. The van der Waals surface area contributed by atoms with Gasteiger partial charge in [-0.3, -0.25) is 0 Å². The van der Waals surface area contributed by atoms with Crippen LogP contribution in [0.25, 0.3) is 0 Å². The van der Waals surface area contributed by atoms with Gasteiger partial charge in [0, 0.05) is 18.2 Å². The first kappa shape index (κ1) is 7.72. The normalized spacial score (nSPS) is 16.2. The smallest absolute Gasteiger partial charge is 0.375 e. The Kier molecular flexibility index (Phi) is 2.08. The molecule has 0 amide bonds. The Hall–Kier alpha value is -0.380. The summed E-state index contributed by atoms with van der Waals surface area (Å²) in [5, 5.41) is 1.90. The van der Waals surface area contributed by atoms with Crippen LogP contribution in [0.5, 0.6) is 5.19 Å². The van der Waals surface area contributed by atoms with E-state index < -0.39 is 7.60 Å². The fourth-order valence-electron chi connectivity index (χ4n) is 0.400. The molecule has 1 aromatic rings. The van der Waals surface area contributed by atoms with E-state index in [9.17, 15) is 4.57 Å². The van der Waals surface area contributed by atoms with Crippen molar-refractivity contribution in [2.24, 2.45) is 0 Å². The number of thiazole rings is 1. The molecule has 1 atom stereocenters. The van der Waals surface area contributed by atoms with Gasteiger partial charge in [-0.1, -0.05) is 11.3 Å². The molecule has 0 spiro atoms. The molecule has 10 heavy (non-hydrogen) atoms. The first-order chi connectivity index (χ1) is 4.58. The van der Waals surface area contributed by atoms with Crippen LogP contribution in [0.1, 0.15) is 0 Å². The molecule has 0 radical (unpaired) electrons. The molecule has 4 nitrogen and oxygen atoms in total. The summed E-state index contributed by atoms with van der Waals surface area (Å²) in [7, 11) is -3.41. The minimum absolute atomic E-state index is 0.230. The Morgan fingerprint density at radius 3 is 3.00 bits per heavy atom. The molecule has 1 rings (SSSR count). The van der Waals surface area contributed by atoms with Gasteiger partial charge in [0.05, 0.1) is 0 Å². The van der Waals surface area contributed by atoms with Crippen LogP contribution in [0, 0.1) is 0 Å². The van der Waals surface area contributed by atoms with Crippen molar-refractivity contribution in [2.45, 2.75) is 0 Å². The monoisotopic (exact) mass is 179 g/mol. The summed E-state index contributed by atoms with van der Waals surface area (Å²) in [6.45, 7) is 1.12. The van der Waals surface area contributed by atoms with Crippen LogP contribution in [0.15, 0.2) is 11.6 Å². The lowest BCUT2D eigenvalue weighted by Crippen LogP contribution is -1.87. The van der Waals surface area contributed by atoms with Gasteiger partial charge in [0.1, 0.15) is 0 Å². The number of nitrogens with zero attached hydrogens (tertiary/aromatic N) is 1. The highest BCUT2D eigenvalue weighted by Gasteiger charge is 2.12. The average molecular weight is 179 g/mol. The second-order valence-electron chi connectivity index (χ2n) is 1.69. The van der Waals surface area contributed by atoms with E-state index in [1.54, 1.807) is 5.38 Å². The number of rotatable bonds is 2. The largest absolute Gasteiger partial charge is 0.397 e. The molecular formula is C4H6NO3PS. The molecular weight excluding hydrogens is 173 g/mol. The second-order valence-corrected chi connectivity index (χ2v) is 4.34. The topological polar surface area (TPSA) is 59.4 Å². The van der Waals surface area contributed by atoms with Gasteiger partial charge in [0.2, 0.25) is 0 Å². The molecule has 0 aliphatic carbocycles. The zero-order valence-corrected chi connectivity index (χ0v) is 6.93. The van der Waals surface area contributed by atoms with E-state index in [0.29, 0.717) is 0 Å². The van der Waals surface area contributed by atoms with Gasteiger partial charge in [-0.25, -0.2) is 9.55 Å². The van der Waals surface area contributed by atoms with Crippen molar-refractivity contribution in [1.82, 2.24) is 4.98 Å². The minimum atomic E-state index is -3.41. The Labute approximate surface area is 62.0 Å². The standard InChI is InChI=1S/C4H6NO3PS/c1-9(6,7)8-4-5-2-3-10-4/h2-3H,1H3,(H,6,7). The van der Waals surface area contributed by atoms with Crippen LogP contribution in [0.2, 0.25) is 0 Å². The van der Waals surface area contributed by atoms with Crippen molar-refractivity contribution in [3.8, 4) is 5.19 Å². The number of hydrogen-bond acceptors (Lipinski definition) is 4. The van der Waals surface area contributed by atoms with Gasteiger partial charge in [-0.2, -0.15) is 0 Å². The third kappa shape index (κ3) is 2.47. The van der Waals surface area contributed by atoms with E-state index >= 15 is 0 Å². The Morgan fingerprint density at radius 2 is 2.60 bits per heavy atom. The summed E-state index contributed by atoms with van der Waals surface area (Å²) < 4.78 is 15.1. The van der Waals surface area contributed by atoms with Crippen molar-refractivity contribution in [3.63, 3.8) is 0 Å². The highest BCUT2D eigenvalue weighted by molar-refractivity contribution is 7.52. The zero-order chi connectivity index (χ0) is 7.61. The molecule has 1 heterocycles. The maximum absolute atomic E-state index is 10.6. The lowest BCUT2D eigenvalue weighted by Gasteiger charge is -2.02. The predicted octanol–water partition coefficient (Wildman–Crippen LogP) is 1.34. The van der Waals surface area contributed by atoms with E-state index in [0.717, 1.165) is 6.66 Å². The lowest BCUT2D eigenvalue weighted by molar-refractivity contribution is 0.386. The zero-order valence-electron chi connectivity index (χ0n) is 5.22. The highest BCUT2D eigenvalue weighted by atomic mass is 32.1. The van der Waals surface area contributed by atoms with Crippen molar-refractivity contribution in [3.05, 3.63) is 11.6 Å². The van der Waals surface area contributed by atoms with Crippen LogP contribution in [-0.4, -0.2) is 16.5 Å². The van der Waals surface area contributed by atoms with Crippen molar-refractivity contribution >= 4 is 18.9 Å². The van der Waals surface area contributed by atoms with E-state index in [4.69, 9.17) is 4.89 Å². The molecule has 0 bridgehead atoms. The summed E-state index contributed by atoms with van der Waals surface area (Å²) >= 11 is 1.18. The molecule has 56 valence electrons. The highest BCUT2D eigenvalue weighted by Crippen LogP contribution is 2.38. The molecule has 6 heteroatoms. The fourth-order valence-corrected chi connectivity index (χ4v) is 1.68. The molecule has 0 aromatic carbocycles. The lowest BCUT2D eigenvalue weighted by atomic mass is 11.0. The maximum atomic E-state index is 10.6. The van der Waals surface area contributed by atoms with E-state index in [1.807, 2.05) is 0 Å². The fraction of sp³-hybridized carbons (Fsp3) is 0.250. The van der Waals surface area contributed by atoms with Crippen LogP contribution in [0.4, 0.5) is 0 Å². The molecule has 1 N–H and O–H groups in total. The number of aromatic nitrogens is 1. The maximum Gasteiger partial charge on any atom is 0.375 e. The van der Waals surface area contributed by atoms with Gasteiger partial charge in [-0.15, -0.1) is 0 Å². The van der Waals surface area contributed by atoms with Crippen LogP contribution in [-0.2, 0) is 4.57 Å². The Morgan fingerprint density at radius 1 is 1.90 bits per heavy atom. The van der Waals surface area contributed by atoms with Crippen molar-refractivity contribution < 1.29 is 14.0 Å². The summed E-state index contributed by atoms with van der Waals surface area (Å²) in [6.07, 6.45) is 1.51. The second kappa shape index (κ2) is 2.70. The van der Waals surface area contributed by atoms with Crippen LogP contribution in [0.3, 0.4) is 0 Å². The third-order valence-corrected chi connectivity index (χ3v) is 1.94. The third-order valence-electron chi connectivity index (χ3n) is 0.657. The SMILES string of the molecule is CP(=O)(O)Oc1nccs1. The van der Waals surface area contributed by atoms with E-state index in [1.165, 1.54) is 17.5 Å². The van der Waals surface area contributed by atoms with Crippen molar-refractivity contribution in [1.29, 1.82) is 0 Å². The molecule has 1 aromatic heterocycles. The van der Waals surface area contributed by atoms with E-state index in [2.05, 4.69) is 9.51 Å². The summed E-state index contributed by atoms with van der Waals surface area (Å²) in [6, 6.07) is 0. The Balaban J connectivity index is 2.66. The molecule has 0 aliphatic heterocycles. The summed E-state index contributed by atoms with van der Waals surface area (Å²) in [5.41, 5.74) is 0. The van der Waals surface area contributed by atoms with Gasteiger partial charge in [0.15, 0.2) is 0 Å². The number of hydrogen-bond donors (Lipinski definition) is 1. The van der Waals surface area contributed by atoms with E-state index in [-0.39, 0.29) is 5.19 Å². The minimum Gasteiger partial charge on any atom is -0.397 e. The molecule has 0 saturated carbocycles. The molecule has 1 unspecified atom stereocenters. The van der Waals surface area contributed by atoms with Gasteiger partial charge in [0.25, 0.3) is 5.19 Å². The van der Waals surface area contributed by atoms with Gasteiger partial charge >= 0.3 is 7.60 Å². The van der Waals surface area contributed by atoms with Gasteiger partial charge in [-0.05, 0) is 0 Å². The predicted molar refractivity (Wildman–Crippen MR) is 38.5 cm³/mol. The average Bonchev–Trinajstić information content (AvgIpc) is 2.12. The summed E-state index contributed by atoms with van der Waals surface area (Å²) in [4.78, 5) is 12.4. The van der Waals surface area contributed by atoms with Crippen LogP contribution >= 0.6 is 18.9 Å². The van der Waals surface area contributed by atoms with Gasteiger partial charge < -0.3 is 9.42 Å². The van der Waals surface area contributed by atoms with Crippen molar-refractivity contribution in [2.75, 3.05) is 6.66 Å². The molecule has 0 aliphatic rings. The molecule has 0 saturated heterocycles. The summed E-state index contributed by atoms with van der Waals surface area (Å²) in [5.74, 6) is 0. The quantitative estimate of drug-likeness (QED) is 0.696.